The van der Waals surface area contributed by atoms with E-state index in [0.717, 1.165) is 24.4 Å². The van der Waals surface area contributed by atoms with E-state index in [0.29, 0.717) is 29.8 Å². The number of hydrogen-bond acceptors (Lipinski definition) is 7. The van der Waals surface area contributed by atoms with Gasteiger partial charge in [0.1, 0.15) is 10.6 Å². The lowest BCUT2D eigenvalue weighted by Crippen LogP contribution is -2.20. The van der Waals surface area contributed by atoms with Crippen LogP contribution in [0.25, 0.3) is 0 Å². The third kappa shape index (κ3) is 3.83. The number of rotatable bonds is 6. The van der Waals surface area contributed by atoms with E-state index in [-0.39, 0.29) is 5.82 Å². The normalized spacial score (nSPS) is 16.1. The van der Waals surface area contributed by atoms with Gasteiger partial charge in [0.25, 0.3) is 0 Å². The maximum Gasteiger partial charge on any atom is 0.344 e. The van der Waals surface area contributed by atoms with Gasteiger partial charge < -0.3 is 20.5 Å². The summed E-state index contributed by atoms with van der Waals surface area (Å²) < 4.78 is 14.5. The fourth-order valence-electron chi connectivity index (χ4n) is 2.34. The van der Waals surface area contributed by atoms with Gasteiger partial charge in [-0.1, -0.05) is 19.3 Å². The molecule has 1 fully saturated rings. The third-order valence-corrected chi connectivity index (χ3v) is 4.22. The third-order valence-electron chi connectivity index (χ3n) is 3.40. The highest BCUT2D eigenvalue weighted by Gasteiger charge is 2.19. The van der Waals surface area contributed by atoms with E-state index in [1.165, 1.54) is 26.4 Å². The van der Waals surface area contributed by atoms with Crippen molar-refractivity contribution in [3.8, 4) is 0 Å². The molecule has 1 aliphatic carbocycles. The predicted molar refractivity (Wildman–Crippen MR) is 79.2 cm³/mol. The van der Waals surface area contributed by atoms with Gasteiger partial charge in [0.15, 0.2) is 5.82 Å². The summed E-state index contributed by atoms with van der Waals surface area (Å²) in [6, 6.07) is 0. The molecule has 0 saturated heterocycles. The first kappa shape index (κ1) is 15.1. The van der Waals surface area contributed by atoms with E-state index in [1.807, 2.05) is 0 Å². The van der Waals surface area contributed by atoms with E-state index in [4.69, 9.17) is 15.2 Å². The van der Waals surface area contributed by atoms with Crippen molar-refractivity contribution in [2.45, 2.75) is 38.2 Å². The fourth-order valence-corrected chi connectivity index (χ4v) is 3.07. The van der Waals surface area contributed by atoms with Crippen molar-refractivity contribution >= 4 is 28.3 Å². The Bertz CT molecular complexity index is 444. The summed E-state index contributed by atoms with van der Waals surface area (Å²) in [6.07, 6.45) is 6.53. The number of nitrogens with two attached hydrogens (primary N) is 1. The van der Waals surface area contributed by atoms with Gasteiger partial charge in [-0.3, -0.25) is 0 Å². The van der Waals surface area contributed by atoms with Crippen LogP contribution in [-0.2, 0) is 9.47 Å². The molecule has 6 nitrogen and oxygen atoms in total. The maximum atomic E-state index is 11.6. The summed E-state index contributed by atoms with van der Waals surface area (Å²) in [5.41, 5.74) is 5.98. The van der Waals surface area contributed by atoms with Crippen molar-refractivity contribution in [2.75, 3.05) is 31.3 Å². The summed E-state index contributed by atoms with van der Waals surface area (Å²) in [5.74, 6) is -0.260. The molecule has 112 valence electrons. The Morgan fingerprint density at radius 1 is 1.45 bits per heavy atom. The molecule has 0 radical (unpaired) electrons. The summed E-state index contributed by atoms with van der Waals surface area (Å²) >= 11 is 1.16. The number of methoxy groups -OCH3 is 1. The number of hydrogen-bond donors (Lipinski definition) is 2. The Morgan fingerprint density at radius 2 is 2.20 bits per heavy atom. The molecule has 0 amide bonds. The summed E-state index contributed by atoms with van der Waals surface area (Å²) in [7, 11) is 1.33. The minimum absolute atomic E-state index is 0.206. The van der Waals surface area contributed by atoms with Crippen molar-refractivity contribution in [1.29, 1.82) is 0 Å². The second kappa shape index (κ2) is 7.44. The first-order valence-electron chi connectivity index (χ1n) is 6.91. The average molecular weight is 299 g/mol. The van der Waals surface area contributed by atoms with E-state index < -0.39 is 5.97 Å². The molecule has 2 rings (SSSR count). The molecular formula is C13H21N3O3S. The highest BCUT2D eigenvalue weighted by molar-refractivity contribution is 7.11. The fraction of sp³-hybridized carbons (Fsp3) is 0.692. The van der Waals surface area contributed by atoms with Crippen LogP contribution in [0.2, 0.25) is 0 Å². The van der Waals surface area contributed by atoms with E-state index in [9.17, 15) is 4.79 Å². The Hall–Kier alpha value is -1.34. The molecule has 0 atom stereocenters. The lowest BCUT2D eigenvalue weighted by atomic mass is 9.98. The van der Waals surface area contributed by atoms with Gasteiger partial charge in [-0.05, 0) is 24.4 Å². The summed E-state index contributed by atoms with van der Waals surface area (Å²) in [4.78, 5) is 11.6. The molecule has 0 bridgehead atoms. The Kier molecular flexibility index (Phi) is 5.60. The van der Waals surface area contributed by atoms with Crippen LogP contribution in [0.3, 0.4) is 0 Å². The van der Waals surface area contributed by atoms with E-state index in [1.54, 1.807) is 0 Å². The van der Waals surface area contributed by atoms with Crippen LogP contribution < -0.4 is 11.1 Å². The van der Waals surface area contributed by atoms with Crippen molar-refractivity contribution < 1.29 is 14.3 Å². The molecule has 1 saturated carbocycles. The van der Waals surface area contributed by atoms with Crippen LogP contribution in [0.5, 0.6) is 0 Å². The number of esters is 1. The van der Waals surface area contributed by atoms with Gasteiger partial charge in [0.2, 0.25) is 0 Å². The summed E-state index contributed by atoms with van der Waals surface area (Å²) in [6.45, 7) is 1.24. The zero-order valence-electron chi connectivity index (χ0n) is 11.7. The molecule has 3 N–H and O–H groups in total. The van der Waals surface area contributed by atoms with Gasteiger partial charge in [-0.15, -0.1) is 0 Å². The van der Waals surface area contributed by atoms with Crippen LogP contribution in [0, 0.1) is 0 Å². The Labute approximate surface area is 122 Å². The number of carbonyl (C=O) groups is 1. The summed E-state index contributed by atoms with van der Waals surface area (Å²) in [5, 5.41) is 3.78. The number of carbonyl (C=O) groups excluding carboxylic acids is 1. The van der Waals surface area contributed by atoms with Crippen LogP contribution in [0.1, 0.15) is 42.5 Å². The number of nitrogen functional groups attached to an aromatic ring is 1. The Morgan fingerprint density at radius 3 is 2.90 bits per heavy atom. The molecular weight excluding hydrogens is 278 g/mol. The molecule has 7 heteroatoms. The van der Waals surface area contributed by atoms with Gasteiger partial charge in [0.05, 0.1) is 19.8 Å². The van der Waals surface area contributed by atoms with Crippen LogP contribution in [-0.4, -0.2) is 36.7 Å². The Balaban J connectivity index is 1.77. The van der Waals surface area contributed by atoms with E-state index in [2.05, 4.69) is 9.69 Å². The van der Waals surface area contributed by atoms with E-state index >= 15 is 0 Å². The maximum absolute atomic E-state index is 11.6. The lowest BCUT2D eigenvalue weighted by Gasteiger charge is -2.22. The quantitative estimate of drug-likeness (QED) is 0.619. The van der Waals surface area contributed by atoms with Gasteiger partial charge in [-0.25, -0.2) is 4.79 Å². The number of anilines is 2. The van der Waals surface area contributed by atoms with Crippen LogP contribution in [0.4, 0.5) is 10.8 Å². The molecule has 20 heavy (non-hydrogen) atoms. The molecule has 0 aromatic carbocycles. The van der Waals surface area contributed by atoms with Crippen LogP contribution >= 0.6 is 11.5 Å². The molecule has 1 aliphatic rings. The van der Waals surface area contributed by atoms with Gasteiger partial charge in [0, 0.05) is 6.54 Å². The molecule has 1 aromatic rings. The topological polar surface area (TPSA) is 86.5 Å². The minimum Gasteiger partial charge on any atom is -0.465 e. The lowest BCUT2D eigenvalue weighted by molar-refractivity contribution is 0.0347. The molecule has 1 aromatic heterocycles. The second-order valence-corrected chi connectivity index (χ2v) is 5.59. The number of nitrogens with zero attached hydrogens (tertiary/aromatic N) is 1. The van der Waals surface area contributed by atoms with Crippen LogP contribution in [0.15, 0.2) is 0 Å². The smallest absolute Gasteiger partial charge is 0.344 e. The largest absolute Gasteiger partial charge is 0.465 e. The monoisotopic (exact) mass is 299 g/mol. The highest BCUT2D eigenvalue weighted by Crippen LogP contribution is 2.27. The molecule has 0 unspecified atom stereocenters. The zero-order valence-corrected chi connectivity index (χ0v) is 12.5. The number of aromatic nitrogens is 1. The first-order chi connectivity index (χ1) is 9.72. The van der Waals surface area contributed by atoms with Crippen molar-refractivity contribution in [3.05, 3.63) is 5.56 Å². The highest BCUT2D eigenvalue weighted by atomic mass is 32.1. The SMILES string of the molecule is COC(=O)c1c(N)nsc1NCCOC1CCCCC1. The number of nitrogens with one attached hydrogen (secondary N) is 1. The van der Waals surface area contributed by atoms with Crippen molar-refractivity contribution in [1.82, 2.24) is 4.37 Å². The predicted octanol–water partition coefficient (Wildman–Crippen LogP) is 2.27. The molecule has 1 heterocycles. The van der Waals surface area contributed by atoms with Crippen molar-refractivity contribution in [3.63, 3.8) is 0 Å². The van der Waals surface area contributed by atoms with Gasteiger partial charge in [-0.2, -0.15) is 4.37 Å². The minimum atomic E-state index is -0.466. The van der Waals surface area contributed by atoms with Gasteiger partial charge >= 0.3 is 5.97 Å². The number of ether oxygens (including phenoxy) is 2. The standard InChI is InChI=1S/C13H21N3O3S/c1-18-13(17)10-11(14)16-20-12(10)15-7-8-19-9-5-3-2-4-6-9/h9,15H,2-8H2,1H3,(H2,14,16). The second-order valence-electron chi connectivity index (χ2n) is 4.82. The molecule has 0 aliphatic heterocycles. The average Bonchev–Trinajstić information content (AvgIpc) is 2.85. The first-order valence-corrected chi connectivity index (χ1v) is 7.68. The molecule has 0 spiro atoms. The van der Waals surface area contributed by atoms with Crippen molar-refractivity contribution in [2.24, 2.45) is 0 Å². The zero-order chi connectivity index (χ0) is 14.4.